The summed E-state index contributed by atoms with van der Waals surface area (Å²) >= 11 is 6.01. The van der Waals surface area contributed by atoms with Crippen LogP contribution in [-0.4, -0.2) is 29.9 Å². The van der Waals surface area contributed by atoms with E-state index in [-0.39, 0.29) is 5.91 Å². The quantitative estimate of drug-likeness (QED) is 0.869. The van der Waals surface area contributed by atoms with Crippen molar-refractivity contribution in [2.24, 2.45) is 0 Å². The fourth-order valence-corrected chi connectivity index (χ4v) is 2.04. The van der Waals surface area contributed by atoms with Crippen molar-refractivity contribution < 1.29 is 9.53 Å². The van der Waals surface area contributed by atoms with Crippen molar-refractivity contribution in [3.05, 3.63) is 58.9 Å². The molecule has 0 aliphatic rings. The van der Waals surface area contributed by atoms with Crippen molar-refractivity contribution >= 4 is 17.5 Å². The second kappa shape index (κ2) is 6.39. The highest BCUT2D eigenvalue weighted by atomic mass is 35.5. The maximum absolute atomic E-state index is 12.3. The van der Waals surface area contributed by atoms with Crippen LogP contribution in [0.25, 0.3) is 0 Å². The number of benzene rings is 1. The molecule has 0 atom stereocenters. The van der Waals surface area contributed by atoms with Gasteiger partial charge in [-0.2, -0.15) is 0 Å². The number of amides is 1. The van der Waals surface area contributed by atoms with Gasteiger partial charge in [-0.25, -0.2) is 0 Å². The Labute approximate surface area is 123 Å². The second-order valence-electron chi connectivity index (χ2n) is 4.37. The monoisotopic (exact) mass is 290 g/mol. The highest BCUT2D eigenvalue weighted by molar-refractivity contribution is 6.33. The van der Waals surface area contributed by atoms with Crippen molar-refractivity contribution in [3.8, 4) is 5.75 Å². The average Bonchev–Trinajstić information content (AvgIpc) is 2.47. The summed E-state index contributed by atoms with van der Waals surface area (Å²) in [5.74, 6) is 0.605. The van der Waals surface area contributed by atoms with E-state index in [0.717, 1.165) is 11.3 Å². The smallest absolute Gasteiger partial charge is 0.256 e. The molecule has 0 N–H and O–H groups in total. The maximum atomic E-state index is 12.3. The first kappa shape index (κ1) is 14.3. The molecule has 0 saturated carbocycles. The maximum Gasteiger partial charge on any atom is 0.256 e. The summed E-state index contributed by atoms with van der Waals surface area (Å²) in [6.07, 6.45) is 3.04. The molecule has 0 unspecified atom stereocenters. The highest BCUT2D eigenvalue weighted by Crippen LogP contribution is 2.18. The molecule has 1 heterocycles. The van der Waals surface area contributed by atoms with E-state index in [0.29, 0.717) is 17.1 Å². The zero-order valence-corrected chi connectivity index (χ0v) is 12.1. The van der Waals surface area contributed by atoms with Gasteiger partial charge in [-0.1, -0.05) is 23.7 Å². The van der Waals surface area contributed by atoms with Gasteiger partial charge in [0, 0.05) is 26.0 Å². The molecule has 20 heavy (non-hydrogen) atoms. The SMILES string of the molecule is COc1cccc(CN(C)C(=O)c2cnccc2Cl)c1. The molecule has 0 fully saturated rings. The van der Waals surface area contributed by atoms with E-state index in [9.17, 15) is 4.79 Å². The van der Waals surface area contributed by atoms with E-state index in [1.165, 1.54) is 6.20 Å². The molecule has 1 aromatic heterocycles. The minimum atomic E-state index is -0.161. The number of halogens is 1. The minimum absolute atomic E-state index is 0.161. The summed E-state index contributed by atoms with van der Waals surface area (Å²) in [5, 5.41) is 0.405. The van der Waals surface area contributed by atoms with E-state index in [1.807, 2.05) is 24.3 Å². The fraction of sp³-hybridized carbons (Fsp3) is 0.200. The number of methoxy groups -OCH3 is 1. The first-order chi connectivity index (χ1) is 9.61. The third-order valence-corrected chi connectivity index (χ3v) is 3.23. The van der Waals surface area contributed by atoms with E-state index >= 15 is 0 Å². The standard InChI is InChI=1S/C15H15ClN2O2/c1-18(10-11-4-3-5-12(8-11)20-2)15(19)13-9-17-7-6-14(13)16/h3-9H,10H2,1-2H3. The molecule has 1 aromatic carbocycles. The Morgan fingerprint density at radius 1 is 1.40 bits per heavy atom. The zero-order valence-electron chi connectivity index (χ0n) is 11.3. The summed E-state index contributed by atoms with van der Waals surface area (Å²) in [5.41, 5.74) is 1.39. The van der Waals surface area contributed by atoms with Crippen molar-refractivity contribution in [2.75, 3.05) is 14.2 Å². The van der Waals surface area contributed by atoms with Crippen LogP contribution >= 0.6 is 11.6 Å². The largest absolute Gasteiger partial charge is 0.497 e. The lowest BCUT2D eigenvalue weighted by Crippen LogP contribution is -2.26. The van der Waals surface area contributed by atoms with Crippen LogP contribution in [0.5, 0.6) is 5.75 Å². The van der Waals surface area contributed by atoms with Gasteiger partial charge in [-0.15, -0.1) is 0 Å². The summed E-state index contributed by atoms with van der Waals surface area (Å²) in [4.78, 5) is 17.8. The topological polar surface area (TPSA) is 42.4 Å². The zero-order chi connectivity index (χ0) is 14.5. The van der Waals surface area contributed by atoms with Crippen LogP contribution in [0.1, 0.15) is 15.9 Å². The molecule has 104 valence electrons. The van der Waals surface area contributed by atoms with Gasteiger partial charge in [0.05, 0.1) is 17.7 Å². The van der Waals surface area contributed by atoms with Gasteiger partial charge >= 0.3 is 0 Å². The minimum Gasteiger partial charge on any atom is -0.497 e. The number of rotatable bonds is 4. The van der Waals surface area contributed by atoms with Gasteiger partial charge in [-0.3, -0.25) is 9.78 Å². The Balaban J connectivity index is 2.13. The predicted molar refractivity (Wildman–Crippen MR) is 78.0 cm³/mol. The van der Waals surface area contributed by atoms with Gasteiger partial charge in [0.25, 0.3) is 5.91 Å². The van der Waals surface area contributed by atoms with E-state index < -0.39 is 0 Å². The third-order valence-electron chi connectivity index (χ3n) is 2.90. The van der Waals surface area contributed by atoms with Gasteiger partial charge in [-0.05, 0) is 23.8 Å². The molecule has 0 aliphatic heterocycles. The summed E-state index contributed by atoms with van der Waals surface area (Å²) in [7, 11) is 3.34. The summed E-state index contributed by atoms with van der Waals surface area (Å²) in [6, 6.07) is 9.20. The second-order valence-corrected chi connectivity index (χ2v) is 4.78. The number of hydrogen-bond donors (Lipinski definition) is 0. The molecule has 2 aromatic rings. The highest BCUT2D eigenvalue weighted by Gasteiger charge is 2.15. The van der Waals surface area contributed by atoms with Crippen LogP contribution in [0, 0.1) is 0 Å². The van der Waals surface area contributed by atoms with E-state index in [2.05, 4.69) is 4.98 Å². The first-order valence-electron chi connectivity index (χ1n) is 6.09. The number of carbonyl (C=O) groups is 1. The number of carbonyl (C=O) groups excluding carboxylic acids is 1. The number of nitrogens with zero attached hydrogens (tertiary/aromatic N) is 2. The van der Waals surface area contributed by atoms with Crippen LogP contribution < -0.4 is 4.74 Å². The fourth-order valence-electron chi connectivity index (χ4n) is 1.86. The molecule has 1 amide bonds. The lowest BCUT2D eigenvalue weighted by atomic mass is 10.2. The Bertz CT molecular complexity index is 616. The Morgan fingerprint density at radius 2 is 2.20 bits per heavy atom. The Kier molecular flexibility index (Phi) is 4.58. The van der Waals surface area contributed by atoms with Crippen LogP contribution in [0.4, 0.5) is 0 Å². The molecule has 5 heteroatoms. The number of ether oxygens (including phenoxy) is 1. The molecular weight excluding hydrogens is 276 g/mol. The average molecular weight is 291 g/mol. The first-order valence-corrected chi connectivity index (χ1v) is 6.47. The van der Waals surface area contributed by atoms with Crippen LogP contribution in [-0.2, 0) is 6.54 Å². The number of aromatic nitrogens is 1. The van der Waals surface area contributed by atoms with Crippen LogP contribution in [0.3, 0.4) is 0 Å². The Hall–Kier alpha value is -2.07. The lowest BCUT2D eigenvalue weighted by Gasteiger charge is -2.18. The van der Waals surface area contributed by atoms with Crippen molar-refractivity contribution in [1.29, 1.82) is 0 Å². The molecule has 0 aliphatic carbocycles. The lowest BCUT2D eigenvalue weighted by molar-refractivity contribution is 0.0784. The van der Waals surface area contributed by atoms with Crippen LogP contribution in [0.15, 0.2) is 42.7 Å². The van der Waals surface area contributed by atoms with E-state index in [4.69, 9.17) is 16.3 Å². The normalized spacial score (nSPS) is 10.2. The van der Waals surface area contributed by atoms with Gasteiger partial charge in [0.1, 0.15) is 5.75 Å². The molecule has 0 spiro atoms. The molecule has 4 nitrogen and oxygen atoms in total. The number of pyridine rings is 1. The molecule has 2 rings (SSSR count). The third kappa shape index (κ3) is 3.27. The summed E-state index contributed by atoms with van der Waals surface area (Å²) in [6.45, 7) is 0.473. The van der Waals surface area contributed by atoms with E-state index in [1.54, 1.807) is 31.3 Å². The van der Waals surface area contributed by atoms with Crippen molar-refractivity contribution in [3.63, 3.8) is 0 Å². The predicted octanol–water partition coefficient (Wildman–Crippen LogP) is 3.02. The Morgan fingerprint density at radius 3 is 2.90 bits per heavy atom. The van der Waals surface area contributed by atoms with Crippen molar-refractivity contribution in [2.45, 2.75) is 6.54 Å². The van der Waals surface area contributed by atoms with Crippen LogP contribution in [0.2, 0.25) is 5.02 Å². The number of hydrogen-bond acceptors (Lipinski definition) is 3. The van der Waals surface area contributed by atoms with Crippen molar-refractivity contribution in [1.82, 2.24) is 9.88 Å². The van der Waals surface area contributed by atoms with Gasteiger partial charge in [0.15, 0.2) is 0 Å². The summed E-state index contributed by atoms with van der Waals surface area (Å²) < 4.78 is 5.17. The molecule has 0 radical (unpaired) electrons. The molecule has 0 bridgehead atoms. The van der Waals surface area contributed by atoms with Gasteiger partial charge < -0.3 is 9.64 Å². The van der Waals surface area contributed by atoms with Gasteiger partial charge in [0.2, 0.25) is 0 Å². The molecular formula is C15H15ClN2O2. The molecule has 0 saturated heterocycles.